The second-order valence-corrected chi connectivity index (χ2v) is 21.8. The molecule has 0 saturated heterocycles. The van der Waals surface area contributed by atoms with Gasteiger partial charge in [0, 0.05) is 37.7 Å². The van der Waals surface area contributed by atoms with Gasteiger partial charge in [-0.15, -0.1) is 11.3 Å². The summed E-state index contributed by atoms with van der Waals surface area (Å²) < 4.78 is 2.73. The highest BCUT2D eigenvalue weighted by atomic mass is 32.1. The topological polar surface area (TPSA) is 3.24 Å². The highest BCUT2D eigenvalue weighted by molar-refractivity contribution is 7.26. The van der Waals surface area contributed by atoms with Crippen molar-refractivity contribution in [1.29, 1.82) is 0 Å². The van der Waals surface area contributed by atoms with Gasteiger partial charge in [-0.2, -0.15) is 0 Å². The molecule has 0 bridgehead atoms. The van der Waals surface area contributed by atoms with E-state index in [1.807, 2.05) is 11.3 Å². The van der Waals surface area contributed by atoms with Crippen LogP contribution in [0.1, 0.15) is 129 Å². The molecular formula is C54H57NS. The lowest BCUT2D eigenvalue weighted by atomic mass is 9.79. The molecule has 2 aliphatic rings. The van der Waals surface area contributed by atoms with Crippen molar-refractivity contribution in [2.75, 3.05) is 4.90 Å². The summed E-state index contributed by atoms with van der Waals surface area (Å²) in [5.74, 6) is 0. The standard InChI is InChI=1S/C54H57NS/c1-50(2,3)32-21-24-37-39-26-23-35(31-45(39)54(12,13)43(37)28-32)55(34-22-25-38-36-17-14-15-19-42(36)53(10,11)44(38)30-34)47-20-16-18-40-41-27-33(51(4,5)6)29-46(52(7,8)9)48(41)56-49(40)47/h14-31H,1-13H3. The molecule has 1 heterocycles. The van der Waals surface area contributed by atoms with Crippen LogP contribution in [0.2, 0.25) is 0 Å². The van der Waals surface area contributed by atoms with Crippen LogP contribution in [0, 0.1) is 0 Å². The first-order valence-electron chi connectivity index (χ1n) is 20.5. The number of fused-ring (bicyclic) bond motifs is 9. The van der Waals surface area contributed by atoms with Crippen molar-refractivity contribution >= 4 is 48.6 Å². The Hall–Kier alpha value is -4.66. The molecule has 6 aromatic carbocycles. The lowest BCUT2D eigenvalue weighted by Gasteiger charge is -2.30. The van der Waals surface area contributed by atoms with E-state index in [0.29, 0.717) is 0 Å². The number of nitrogens with zero attached hydrogens (tertiary/aromatic N) is 1. The van der Waals surface area contributed by atoms with E-state index >= 15 is 0 Å². The molecule has 0 fully saturated rings. The summed E-state index contributed by atoms with van der Waals surface area (Å²) in [6.45, 7) is 30.7. The summed E-state index contributed by atoms with van der Waals surface area (Å²) in [6.07, 6.45) is 0. The van der Waals surface area contributed by atoms with Crippen molar-refractivity contribution in [3.05, 3.63) is 148 Å². The largest absolute Gasteiger partial charge is 0.309 e. The number of thiophene rings is 1. The highest BCUT2D eigenvalue weighted by Gasteiger charge is 2.39. The quantitative estimate of drug-likeness (QED) is 0.174. The van der Waals surface area contributed by atoms with E-state index in [4.69, 9.17) is 0 Å². The van der Waals surface area contributed by atoms with E-state index in [-0.39, 0.29) is 27.1 Å². The molecule has 1 nitrogen and oxygen atoms in total. The average molecular weight is 752 g/mol. The van der Waals surface area contributed by atoms with Gasteiger partial charge in [0.15, 0.2) is 0 Å². The van der Waals surface area contributed by atoms with Gasteiger partial charge in [-0.25, -0.2) is 0 Å². The first-order valence-corrected chi connectivity index (χ1v) is 21.3. The van der Waals surface area contributed by atoms with E-state index in [1.165, 1.54) is 98.4 Å². The second-order valence-electron chi connectivity index (χ2n) is 20.8. The van der Waals surface area contributed by atoms with Crippen LogP contribution in [0.25, 0.3) is 42.4 Å². The van der Waals surface area contributed by atoms with Crippen LogP contribution in [0.3, 0.4) is 0 Å². The number of benzene rings is 6. The van der Waals surface area contributed by atoms with Crippen LogP contribution in [0.15, 0.2) is 109 Å². The first kappa shape index (κ1) is 36.9. The van der Waals surface area contributed by atoms with Crippen LogP contribution in [-0.4, -0.2) is 0 Å². The minimum absolute atomic E-state index is 0.00817. The summed E-state index contributed by atoms with van der Waals surface area (Å²) in [6, 6.07) is 42.6. The second kappa shape index (κ2) is 11.9. The van der Waals surface area contributed by atoms with Crippen molar-refractivity contribution in [2.24, 2.45) is 0 Å². The Balaban J connectivity index is 1.31. The third-order valence-electron chi connectivity index (χ3n) is 13.1. The summed E-state index contributed by atoms with van der Waals surface area (Å²) in [4.78, 5) is 2.57. The van der Waals surface area contributed by atoms with Gasteiger partial charge in [0.2, 0.25) is 0 Å². The zero-order valence-electron chi connectivity index (χ0n) is 35.7. The third kappa shape index (κ3) is 5.46. The van der Waals surface area contributed by atoms with Crippen molar-refractivity contribution in [3.8, 4) is 22.3 Å². The fraction of sp³-hybridized carbons (Fsp3) is 0.333. The Labute approximate surface area is 339 Å². The third-order valence-corrected chi connectivity index (χ3v) is 14.4. The number of hydrogen-bond acceptors (Lipinski definition) is 2. The maximum Gasteiger partial charge on any atom is 0.0640 e. The summed E-state index contributed by atoms with van der Waals surface area (Å²) >= 11 is 1.97. The molecule has 0 unspecified atom stereocenters. The molecule has 0 spiro atoms. The molecule has 284 valence electrons. The molecule has 9 rings (SSSR count). The smallest absolute Gasteiger partial charge is 0.0640 e. The van der Waals surface area contributed by atoms with Crippen LogP contribution >= 0.6 is 11.3 Å². The first-order chi connectivity index (χ1) is 26.2. The fourth-order valence-electron chi connectivity index (χ4n) is 9.64. The van der Waals surface area contributed by atoms with Gasteiger partial charge in [0.25, 0.3) is 0 Å². The summed E-state index contributed by atoms with van der Waals surface area (Å²) in [5, 5.41) is 2.71. The maximum absolute atomic E-state index is 2.57. The van der Waals surface area contributed by atoms with E-state index in [2.05, 4.69) is 204 Å². The lowest BCUT2D eigenvalue weighted by Crippen LogP contribution is -2.19. The molecular weight excluding hydrogens is 695 g/mol. The van der Waals surface area contributed by atoms with Crippen molar-refractivity contribution in [3.63, 3.8) is 0 Å². The molecule has 2 aliphatic carbocycles. The maximum atomic E-state index is 2.57. The van der Waals surface area contributed by atoms with Crippen molar-refractivity contribution < 1.29 is 0 Å². The van der Waals surface area contributed by atoms with Gasteiger partial charge >= 0.3 is 0 Å². The van der Waals surface area contributed by atoms with E-state index in [1.54, 1.807) is 0 Å². The predicted octanol–water partition coefficient (Wildman–Crippen LogP) is 16.0. The molecule has 7 aromatic rings. The molecule has 0 aliphatic heterocycles. The Morgan fingerprint density at radius 3 is 1.55 bits per heavy atom. The Bertz CT molecular complexity index is 2750. The van der Waals surface area contributed by atoms with Gasteiger partial charge in [-0.05, 0) is 114 Å². The van der Waals surface area contributed by atoms with Gasteiger partial charge in [0.1, 0.15) is 0 Å². The molecule has 2 heteroatoms. The van der Waals surface area contributed by atoms with Gasteiger partial charge in [0.05, 0.1) is 10.4 Å². The normalized spacial score (nSPS) is 15.5. The fourth-order valence-corrected chi connectivity index (χ4v) is 11.2. The molecule has 1 aromatic heterocycles. The number of rotatable bonds is 3. The monoisotopic (exact) mass is 751 g/mol. The number of hydrogen-bond donors (Lipinski definition) is 0. The average Bonchev–Trinajstić information content (AvgIpc) is 3.70. The lowest BCUT2D eigenvalue weighted by molar-refractivity contribution is 0.573. The van der Waals surface area contributed by atoms with Gasteiger partial charge in [-0.1, -0.05) is 163 Å². The highest BCUT2D eigenvalue weighted by Crippen LogP contribution is 2.55. The van der Waals surface area contributed by atoms with E-state index in [9.17, 15) is 0 Å². The van der Waals surface area contributed by atoms with Gasteiger partial charge in [-0.3, -0.25) is 0 Å². The molecule has 56 heavy (non-hydrogen) atoms. The molecule has 0 radical (unpaired) electrons. The molecule has 0 atom stereocenters. The Morgan fingerprint density at radius 1 is 0.429 bits per heavy atom. The van der Waals surface area contributed by atoms with E-state index < -0.39 is 0 Å². The molecule has 0 amide bonds. The van der Waals surface area contributed by atoms with E-state index in [0.717, 1.165) is 0 Å². The summed E-state index contributed by atoms with van der Waals surface area (Å²) in [7, 11) is 0. The van der Waals surface area contributed by atoms with Crippen molar-refractivity contribution in [2.45, 2.75) is 117 Å². The Morgan fingerprint density at radius 2 is 0.964 bits per heavy atom. The zero-order chi connectivity index (χ0) is 39.9. The minimum atomic E-state index is -0.135. The predicted molar refractivity (Wildman–Crippen MR) is 245 cm³/mol. The molecule has 0 N–H and O–H groups in total. The van der Waals surface area contributed by atoms with Crippen LogP contribution in [0.5, 0.6) is 0 Å². The minimum Gasteiger partial charge on any atom is -0.309 e. The van der Waals surface area contributed by atoms with Crippen molar-refractivity contribution in [1.82, 2.24) is 0 Å². The van der Waals surface area contributed by atoms with Gasteiger partial charge < -0.3 is 4.90 Å². The van der Waals surface area contributed by atoms with Crippen LogP contribution in [0.4, 0.5) is 17.1 Å². The molecule has 0 saturated carbocycles. The Kier molecular flexibility index (Phi) is 7.87. The summed E-state index contributed by atoms with van der Waals surface area (Å²) in [5.41, 5.74) is 18.8. The van der Waals surface area contributed by atoms with Crippen LogP contribution < -0.4 is 4.90 Å². The SMILES string of the molecule is CC(C)(C)c1ccc2c(c1)C(C)(C)c1cc(N(c3ccc4c(c3)C(C)(C)c3ccccc3-4)c3cccc4c3sc3c(C(C)(C)C)cc(C(C)(C)C)cc34)ccc1-2. The zero-order valence-corrected chi connectivity index (χ0v) is 36.6. The van der Waals surface area contributed by atoms with Crippen LogP contribution in [-0.2, 0) is 27.1 Å². The number of anilines is 3.